The Bertz CT molecular complexity index is 869. The molecule has 6 nitrogen and oxygen atoms in total. The Morgan fingerprint density at radius 1 is 1.00 bits per heavy atom. The first-order valence-electron chi connectivity index (χ1n) is 11.2. The first-order valence-corrected chi connectivity index (χ1v) is 11.2. The summed E-state index contributed by atoms with van der Waals surface area (Å²) in [5, 5.41) is 2.96. The Morgan fingerprint density at radius 2 is 1.71 bits per heavy atom. The summed E-state index contributed by atoms with van der Waals surface area (Å²) in [6, 6.07) is 14.8. The third-order valence-corrected chi connectivity index (χ3v) is 5.23. The molecule has 2 amide bonds. The van der Waals surface area contributed by atoms with E-state index < -0.39 is 0 Å². The highest BCUT2D eigenvalue weighted by Gasteiger charge is 2.29. The average Bonchev–Trinajstić information content (AvgIpc) is 2.82. The van der Waals surface area contributed by atoms with Gasteiger partial charge in [-0.25, -0.2) is 0 Å². The largest absolute Gasteiger partial charge is 0.490 e. The molecule has 0 radical (unpaired) electrons. The molecule has 0 aromatic heterocycles. The number of benzene rings is 2. The van der Waals surface area contributed by atoms with Crippen LogP contribution in [0, 0.1) is 5.92 Å². The normalized spacial score (nSPS) is 15.9. The maximum atomic E-state index is 13.2. The number of piperidine rings is 1. The van der Waals surface area contributed by atoms with Crippen molar-refractivity contribution in [3.63, 3.8) is 0 Å². The number of ether oxygens (including phenoxy) is 2. The van der Waals surface area contributed by atoms with Crippen molar-refractivity contribution in [2.45, 2.75) is 39.5 Å². The van der Waals surface area contributed by atoms with Crippen LogP contribution in [-0.4, -0.2) is 43.0 Å². The van der Waals surface area contributed by atoms with Crippen molar-refractivity contribution >= 4 is 17.5 Å². The minimum Gasteiger partial charge on any atom is -0.490 e. The zero-order valence-electron chi connectivity index (χ0n) is 18.4. The molecule has 0 spiro atoms. The summed E-state index contributed by atoms with van der Waals surface area (Å²) in [5.41, 5.74) is 1.33. The van der Waals surface area contributed by atoms with E-state index in [9.17, 15) is 9.59 Å². The molecule has 1 heterocycles. The second-order valence-corrected chi connectivity index (χ2v) is 7.80. The average molecular weight is 425 g/mol. The van der Waals surface area contributed by atoms with Crippen LogP contribution in [0.15, 0.2) is 48.5 Å². The van der Waals surface area contributed by atoms with E-state index in [2.05, 4.69) is 5.32 Å². The molecule has 1 fully saturated rings. The molecule has 1 aliphatic heterocycles. The summed E-state index contributed by atoms with van der Waals surface area (Å²) < 4.78 is 11.6. The van der Waals surface area contributed by atoms with Crippen LogP contribution < -0.4 is 14.8 Å². The topological polar surface area (TPSA) is 67.9 Å². The fourth-order valence-corrected chi connectivity index (χ4v) is 3.62. The van der Waals surface area contributed by atoms with E-state index in [1.165, 1.54) is 0 Å². The molecule has 3 rings (SSSR count). The lowest BCUT2D eigenvalue weighted by molar-refractivity contribution is -0.121. The molecular formula is C25H32N2O4. The molecule has 1 N–H and O–H groups in total. The molecule has 0 bridgehead atoms. The summed E-state index contributed by atoms with van der Waals surface area (Å²) >= 11 is 0. The maximum Gasteiger partial charge on any atom is 0.254 e. The number of carbonyl (C=O) groups is 2. The van der Waals surface area contributed by atoms with Crippen LogP contribution in [0.5, 0.6) is 11.5 Å². The van der Waals surface area contributed by atoms with Gasteiger partial charge in [-0.1, -0.05) is 32.0 Å². The fraction of sp³-hybridized carbons (Fsp3) is 0.440. The zero-order chi connectivity index (χ0) is 22.1. The highest BCUT2D eigenvalue weighted by atomic mass is 16.5. The van der Waals surface area contributed by atoms with Crippen LogP contribution in [-0.2, 0) is 4.79 Å². The number of likely N-dealkylation sites (tertiary alicyclic amines) is 1. The minimum atomic E-state index is -0.221. The highest BCUT2D eigenvalue weighted by molar-refractivity contribution is 5.96. The van der Waals surface area contributed by atoms with Gasteiger partial charge in [0.1, 0.15) is 0 Å². The second-order valence-electron chi connectivity index (χ2n) is 7.80. The number of para-hydroxylation sites is 1. The Balaban J connectivity index is 1.68. The molecule has 6 heteroatoms. The number of rotatable bonds is 9. The number of hydrogen-bond acceptors (Lipinski definition) is 4. The van der Waals surface area contributed by atoms with Gasteiger partial charge >= 0.3 is 0 Å². The Morgan fingerprint density at radius 3 is 2.42 bits per heavy atom. The standard InChI is InChI=1S/C25H32N2O4/c1-3-15-30-22-13-12-19(17-23(22)31-16-4-2)25(29)27-14-8-9-20(18-27)24(28)26-21-10-6-5-7-11-21/h5-7,10-13,17,20H,3-4,8-9,14-16,18H2,1-2H3,(H,26,28). The second kappa shape index (κ2) is 11.4. The summed E-state index contributed by atoms with van der Waals surface area (Å²) in [5.74, 6) is 0.905. The molecule has 166 valence electrons. The van der Waals surface area contributed by atoms with Gasteiger partial charge in [0.15, 0.2) is 11.5 Å². The first-order chi connectivity index (χ1) is 15.1. The lowest BCUT2D eigenvalue weighted by atomic mass is 9.96. The lowest BCUT2D eigenvalue weighted by Gasteiger charge is -2.32. The van der Waals surface area contributed by atoms with Crippen molar-refractivity contribution in [3.8, 4) is 11.5 Å². The number of hydrogen-bond donors (Lipinski definition) is 1. The van der Waals surface area contributed by atoms with Gasteiger partial charge < -0.3 is 19.7 Å². The number of amides is 2. The third kappa shape index (κ3) is 6.23. The molecule has 1 atom stereocenters. The molecule has 1 aliphatic rings. The molecule has 2 aromatic rings. The van der Waals surface area contributed by atoms with Gasteiger partial charge in [0.05, 0.1) is 19.1 Å². The van der Waals surface area contributed by atoms with Gasteiger partial charge in [0, 0.05) is 24.3 Å². The predicted octanol–water partition coefficient (Wildman–Crippen LogP) is 4.76. The number of carbonyl (C=O) groups excluding carboxylic acids is 2. The zero-order valence-corrected chi connectivity index (χ0v) is 18.4. The minimum absolute atomic E-state index is 0.0426. The van der Waals surface area contributed by atoms with Crippen LogP contribution in [0.2, 0.25) is 0 Å². The molecule has 2 aromatic carbocycles. The van der Waals surface area contributed by atoms with Crippen LogP contribution >= 0.6 is 0 Å². The van der Waals surface area contributed by atoms with E-state index in [1.54, 1.807) is 23.1 Å². The van der Waals surface area contributed by atoms with E-state index in [-0.39, 0.29) is 17.7 Å². The van der Waals surface area contributed by atoms with E-state index in [0.29, 0.717) is 43.4 Å². The van der Waals surface area contributed by atoms with E-state index in [1.807, 2.05) is 44.2 Å². The predicted molar refractivity (Wildman–Crippen MR) is 122 cm³/mol. The highest BCUT2D eigenvalue weighted by Crippen LogP contribution is 2.30. The van der Waals surface area contributed by atoms with Gasteiger partial charge in [-0.3, -0.25) is 9.59 Å². The fourth-order valence-electron chi connectivity index (χ4n) is 3.62. The van der Waals surface area contributed by atoms with Gasteiger partial charge in [-0.05, 0) is 56.0 Å². The van der Waals surface area contributed by atoms with Crippen molar-refractivity contribution in [2.75, 3.05) is 31.6 Å². The summed E-state index contributed by atoms with van der Waals surface area (Å²) in [7, 11) is 0. The van der Waals surface area contributed by atoms with Crippen molar-refractivity contribution in [1.29, 1.82) is 0 Å². The van der Waals surface area contributed by atoms with Crippen LogP contribution in [0.25, 0.3) is 0 Å². The van der Waals surface area contributed by atoms with Gasteiger partial charge in [0.2, 0.25) is 5.91 Å². The summed E-state index contributed by atoms with van der Waals surface area (Å²) in [4.78, 5) is 27.6. The van der Waals surface area contributed by atoms with Crippen molar-refractivity contribution in [3.05, 3.63) is 54.1 Å². The summed E-state index contributed by atoms with van der Waals surface area (Å²) in [6.07, 6.45) is 3.34. The number of anilines is 1. The first kappa shape index (κ1) is 22.7. The number of nitrogens with one attached hydrogen (secondary N) is 1. The van der Waals surface area contributed by atoms with Gasteiger partial charge in [-0.2, -0.15) is 0 Å². The van der Waals surface area contributed by atoms with E-state index in [4.69, 9.17) is 9.47 Å². The molecular weight excluding hydrogens is 392 g/mol. The SMILES string of the molecule is CCCOc1ccc(C(=O)N2CCCC(C(=O)Nc3ccccc3)C2)cc1OCCC. The number of nitrogens with zero attached hydrogens (tertiary/aromatic N) is 1. The molecule has 31 heavy (non-hydrogen) atoms. The van der Waals surface area contributed by atoms with Gasteiger partial charge in [0.25, 0.3) is 5.91 Å². The van der Waals surface area contributed by atoms with Crippen LogP contribution in [0.1, 0.15) is 49.9 Å². The van der Waals surface area contributed by atoms with Crippen molar-refractivity contribution < 1.29 is 19.1 Å². The Kier molecular flexibility index (Phi) is 8.33. The van der Waals surface area contributed by atoms with E-state index in [0.717, 1.165) is 31.4 Å². The molecule has 1 saturated heterocycles. The van der Waals surface area contributed by atoms with Gasteiger partial charge in [-0.15, -0.1) is 0 Å². The van der Waals surface area contributed by atoms with E-state index >= 15 is 0 Å². The third-order valence-electron chi connectivity index (χ3n) is 5.23. The quantitative estimate of drug-likeness (QED) is 0.630. The monoisotopic (exact) mass is 424 g/mol. The lowest BCUT2D eigenvalue weighted by Crippen LogP contribution is -2.43. The molecule has 0 saturated carbocycles. The van der Waals surface area contributed by atoms with Crippen molar-refractivity contribution in [1.82, 2.24) is 4.90 Å². The molecule has 0 aliphatic carbocycles. The molecule has 1 unspecified atom stereocenters. The van der Waals surface area contributed by atoms with Crippen LogP contribution in [0.4, 0.5) is 5.69 Å². The Hall–Kier alpha value is -3.02. The smallest absolute Gasteiger partial charge is 0.254 e. The summed E-state index contributed by atoms with van der Waals surface area (Å²) in [6.45, 7) is 6.30. The Labute approximate surface area is 184 Å². The maximum absolute atomic E-state index is 13.2. The van der Waals surface area contributed by atoms with Crippen LogP contribution in [0.3, 0.4) is 0 Å². The van der Waals surface area contributed by atoms with Crippen molar-refractivity contribution in [2.24, 2.45) is 5.92 Å².